The van der Waals surface area contributed by atoms with E-state index in [-0.39, 0.29) is 0 Å². The smallest absolute Gasteiger partial charge is 0.147 e. The maximum atomic E-state index is 5.35. The van der Waals surface area contributed by atoms with Crippen LogP contribution in [-0.2, 0) is 4.74 Å². The molecule has 0 unspecified atom stereocenters. The summed E-state index contributed by atoms with van der Waals surface area (Å²) in [6, 6.07) is 1.29. The molecule has 0 N–H and O–H groups in total. The lowest BCUT2D eigenvalue weighted by Gasteiger charge is -2.36. The highest BCUT2D eigenvalue weighted by Crippen LogP contribution is 2.42. The Morgan fingerprint density at radius 3 is 2.71 bits per heavy atom. The molecule has 0 spiro atoms. The molecule has 3 fully saturated rings. The Labute approximate surface area is 126 Å². The van der Waals surface area contributed by atoms with Crippen LogP contribution in [-0.4, -0.2) is 60.3 Å². The summed E-state index contributed by atoms with van der Waals surface area (Å²) in [7, 11) is 2.18. The van der Waals surface area contributed by atoms with E-state index in [2.05, 4.69) is 26.8 Å². The maximum Gasteiger partial charge on any atom is 0.147 e. The monoisotopic (exact) mass is 288 g/mol. The lowest BCUT2D eigenvalue weighted by atomic mass is 9.97. The van der Waals surface area contributed by atoms with Crippen LogP contribution in [0.25, 0.3) is 0 Å². The second-order valence-electron chi connectivity index (χ2n) is 6.84. The van der Waals surface area contributed by atoms with E-state index in [1.54, 1.807) is 0 Å². The highest BCUT2D eigenvalue weighted by Gasteiger charge is 2.46. The molecule has 2 saturated heterocycles. The van der Waals surface area contributed by atoms with Gasteiger partial charge in [0, 0.05) is 26.2 Å². The average molecular weight is 288 g/mol. The van der Waals surface area contributed by atoms with Crippen molar-refractivity contribution >= 4 is 5.82 Å². The molecule has 1 aliphatic carbocycles. The highest BCUT2D eigenvalue weighted by molar-refractivity contribution is 5.37. The minimum absolute atomic E-state index is 0.609. The third kappa shape index (κ3) is 2.32. The number of hydrogen-bond acceptors (Lipinski definition) is 5. The van der Waals surface area contributed by atoms with Gasteiger partial charge in [-0.05, 0) is 31.6 Å². The number of fused-ring (bicyclic) bond motifs is 1. The van der Waals surface area contributed by atoms with Gasteiger partial charge < -0.3 is 9.64 Å². The quantitative estimate of drug-likeness (QED) is 0.839. The van der Waals surface area contributed by atoms with Crippen LogP contribution in [0.2, 0.25) is 0 Å². The van der Waals surface area contributed by atoms with Gasteiger partial charge in [-0.1, -0.05) is 0 Å². The molecule has 5 nitrogen and oxygen atoms in total. The molecule has 0 radical (unpaired) electrons. The van der Waals surface area contributed by atoms with E-state index in [1.807, 2.05) is 19.3 Å². The molecule has 1 aromatic heterocycles. The Balaban J connectivity index is 1.47. The molecule has 1 aromatic rings. The predicted octanol–water partition coefficient (Wildman–Crippen LogP) is 1.33. The summed E-state index contributed by atoms with van der Waals surface area (Å²) in [4.78, 5) is 14.0. The highest BCUT2D eigenvalue weighted by atomic mass is 16.5. The number of hydrogen-bond donors (Lipinski definition) is 0. The minimum Gasteiger partial charge on any atom is -0.378 e. The summed E-state index contributed by atoms with van der Waals surface area (Å²) >= 11 is 0. The predicted molar refractivity (Wildman–Crippen MR) is 81.4 cm³/mol. The van der Waals surface area contributed by atoms with E-state index in [9.17, 15) is 0 Å². The van der Waals surface area contributed by atoms with Gasteiger partial charge in [-0.3, -0.25) is 9.88 Å². The first-order valence-corrected chi connectivity index (χ1v) is 8.05. The van der Waals surface area contributed by atoms with Crippen LogP contribution in [0.3, 0.4) is 0 Å². The number of nitrogens with zero attached hydrogens (tertiary/aromatic N) is 4. The normalized spacial score (nSPS) is 33.0. The SMILES string of the molecule is Cc1cnc(N(C)[C@@H]2CC[C@@H]3CN(C4COC4)C[C@@H]32)cn1. The van der Waals surface area contributed by atoms with Crippen molar-refractivity contribution in [2.24, 2.45) is 11.8 Å². The zero-order valence-corrected chi connectivity index (χ0v) is 12.9. The Bertz CT molecular complexity index is 502. The fourth-order valence-electron chi connectivity index (χ4n) is 4.22. The standard InChI is InChI=1S/C16H24N4O/c1-11-5-18-16(6-17-11)19(2)15-4-3-12-7-20(8-14(12)15)13-9-21-10-13/h5-6,12-15H,3-4,7-10H2,1-2H3/t12-,14+,15-/m1/s1. The van der Waals surface area contributed by atoms with Crippen molar-refractivity contribution in [2.45, 2.75) is 31.8 Å². The van der Waals surface area contributed by atoms with Crippen molar-refractivity contribution in [2.75, 3.05) is 38.3 Å². The molecule has 3 atom stereocenters. The van der Waals surface area contributed by atoms with E-state index in [1.165, 1.54) is 25.9 Å². The summed E-state index contributed by atoms with van der Waals surface area (Å²) in [5.41, 5.74) is 0.980. The van der Waals surface area contributed by atoms with Crippen LogP contribution >= 0.6 is 0 Å². The van der Waals surface area contributed by atoms with Gasteiger partial charge in [0.1, 0.15) is 5.82 Å². The van der Waals surface area contributed by atoms with Gasteiger partial charge in [0.25, 0.3) is 0 Å². The molecule has 3 heterocycles. The topological polar surface area (TPSA) is 41.5 Å². The molecule has 0 amide bonds. The molecule has 2 aliphatic heterocycles. The van der Waals surface area contributed by atoms with Crippen molar-refractivity contribution in [3.63, 3.8) is 0 Å². The van der Waals surface area contributed by atoms with Crippen LogP contribution in [0.4, 0.5) is 5.82 Å². The van der Waals surface area contributed by atoms with E-state index >= 15 is 0 Å². The molecule has 21 heavy (non-hydrogen) atoms. The second-order valence-corrected chi connectivity index (χ2v) is 6.84. The molecule has 114 valence electrons. The number of rotatable bonds is 3. The lowest BCUT2D eigenvalue weighted by molar-refractivity contribution is -0.0595. The Kier molecular flexibility index (Phi) is 3.34. The Hall–Kier alpha value is -1.20. The molecular formula is C16H24N4O. The van der Waals surface area contributed by atoms with Crippen LogP contribution in [0.1, 0.15) is 18.5 Å². The van der Waals surface area contributed by atoms with Gasteiger partial charge in [-0.15, -0.1) is 0 Å². The lowest BCUT2D eigenvalue weighted by Crippen LogP contribution is -2.49. The molecular weight excluding hydrogens is 264 g/mol. The second kappa shape index (κ2) is 5.21. The first-order chi connectivity index (χ1) is 10.2. The number of aromatic nitrogens is 2. The van der Waals surface area contributed by atoms with E-state index in [0.717, 1.165) is 36.6 Å². The minimum atomic E-state index is 0.609. The van der Waals surface area contributed by atoms with Gasteiger partial charge in [0.2, 0.25) is 0 Å². The third-order valence-electron chi connectivity index (χ3n) is 5.61. The molecule has 5 heteroatoms. The van der Waals surface area contributed by atoms with Crippen LogP contribution in [0, 0.1) is 18.8 Å². The Morgan fingerprint density at radius 2 is 2.05 bits per heavy atom. The van der Waals surface area contributed by atoms with Crippen LogP contribution < -0.4 is 4.90 Å². The largest absolute Gasteiger partial charge is 0.378 e. The van der Waals surface area contributed by atoms with Crippen molar-refractivity contribution in [1.29, 1.82) is 0 Å². The summed E-state index contributed by atoms with van der Waals surface area (Å²) in [5.74, 6) is 2.65. The van der Waals surface area contributed by atoms with Crippen molar-refractivity contribution < 1.29 is 4.74 Å². The maximum absolute atomic E-state index is 5.35. The van der Waals surface area contributed by atoms with E-state index in [0.29, 0.717) is 12.1 Å². The molecule has 1 saturated carbocycles. The van der Waals surface area contributed by atoms with Crippen molar-refractivity contribution in [3.05, 3.63) is 18.1 Å². The summed E-state index contributed by atoms with van der Waals surface area (Å²) in [6.07, 6.45) is 6.42. The molecule has 3 aliphatic rings. The zero-order chi connectivity index (χ0) is 14.4. The van der Waals surface area contributed by atoms with Gasteiger partial charge >= 0.3 is 0 Å². The molecule has 0 aromatic carbocycles. The zero-order valence-electron chi connectivity index (χ0n) is 12.9. The third-order valence-corrected chi connectivity index (χ3v) is 5.61. The fourth-order valence-corrected chi connectivity index (χ4v) is 4.22. The van der Waals surface area contributed by atoms with E-state index < -0.39 is 0 Å². The van der Waals surface area contributed by atoms with Gasteiger partial charge in [-0.25, -0.2) is 4.98 Å². The van der Waals surface area contributed by atoms with Gasteiger partial charge in [-0.2, -0.15) is 0 Å². The fraction of sp³-hybridized carbons (Fsp3) is 0.750. The number of aryl methyl sites for hydroxylation is 1. The molecule has 4 rings (SSSR count). The summed E-state index contributed by atoms with van der Waals surface area (Å²) in [5, 5.41) is 0. The van der Waals surface area contributed by atoms with Crippen molar-refractivity contribution in [1.82, 2.24) is 14.9 Å². The number of anilines is 1. The first kappa shape index (κ1) is 13.5. The first-order valence-electron chi connectivity index (χ1n) is 8.05. The number of ether oxygens (including phenoxy) is 1. The van der Waals surface area contributed by atoms with Crippen molar-refractivity contribution in [3.8, 4) is 0 Å². The van der Waals surface area contributed by atoms with E-state index in [4.69, 9.17) is 4.74 Å². The number of likely N-dealkylation sites (tertiary alicyclic amines) is 1. The van der Waals surface area contributed by atoms with Crippen LogP contribution in [0.5, 0.6) is 0 Å². The summed E-state index contributed by atoms with van der Waals surface area (Å²) < 4.78 is 5.35. The molecule has 0 bridgehead atoms. The van der Waals surface area contributed by atoms with Crippen LogP contribution in [0.15, 0.2) is 12.4 Å². The van der Waals surface area contributed by atoms with Gasteiger partial charge in [0.15, 0.2) is 0 Å². The Morgan fingerprint density at radius 1 is 1.19 bits per heavy atom. The summed E-state index contributed by atoms with van der Waals surface area (Å²) in [6.45, 7) is 6.35. The van der Waals surface area contributed by atoms with Gasteiger partial charge in [0.05, 0.1) is 37.3 Å². The average Bonchev–Trinajstić information content (AvgIpc) is 2.97.